The summed E-state index contributed by atoms with van der Waals surface area (Å²) in [6, 6.07) is 14.3. The standard InChI is InChI=1S/C25H27N7O4S3/c1-4-36-19-12-8-17(9-13-19)32-20(14-26-22(34)16-6-10-18(35-3)11-7-16)28-30-24(32)38-15-21(33)27-23-29-31-25(39-23)37-5-2/h6-13H,4-5,14-15H2,1-3H3,(H,26,34)(H,27,29,33). The molecular formula is C25H27N7O4S3. The second-order valence-electron chi connectivity index (χ2n) is 7.72. The maximum atomic E-state index is 12.7. The first-order chi connectivity index (χ1) is 19.0. The number of ether oxygens (including phenoxy) is 2. The minimum absolute atomic E-state index is 0.0865. The van der Waals surface area contributed by atoms with Crippen molar-refractivity contribution in [3.05, 3.63) is 59.9 Å². The predicted octanol–water partition coefficient (Wildman–Crippen LogP) is 4.30. The molecule has 39 heavy (non-hydrogen) atoms. The normalized spacial score (nSPS) is 10.7. The number of anilines is 1. The molecule has 2 aromatic heterocycles. The van der Waals surface area contributed by atoms with Gasteiger partial charge in [-0.05, 0) is 61.2 Å². The van der Waals surface area contributed by atoms with E-state index in [4.69, 9.17) is 9.47 Å². The molecule has 0 aliphatic carbocycles. The highest BCUT2D eigenvalue weighted by Gasteiger charge is 2.18. The van der Waals surface area contributed by atoms with Gasteiger partial charge in [-0.25, -0.2) is 0 Å². The van der Waals surface area contributed by atoms with Crippen molar-refractivity contribution in [1.29, 1.82) is 0 Å². The van der Waals surface area contributed by atoms with Crippen LogP contribution in [0.15, 0.2) is 58.0 Å². The lowest BCUT2D eigenvalue weighted by molar-refractivity contribution is -0.113. The summed E-state index contributed by atoms with van der Waals surface area (Å²) in [5, 5.41) is 23.3. The van der Waals surface area contributed by atoms with Crippen LogP contribution >= 0.6 is 34.9 Å². The molecular weight excluding hydrogens is 559 g/mol. The molecule has 2 N–H and O–H groups in total. The van der Waals surface area contributed by atoms with E-state index in [0.717, 1.165) is 21.5 Å². The second-order valence-corrected chi connectivity index (χ2v) is 11.1. The first kappa shape index (κ1) is 28.4. The number of nitrogens with zero attached hydrogens (tertiary/aromatic N) is 5. The molecule has 0 spiro atoms. The Balaban J connectivity index is 1.48. The van der Waals surface area contributed by atoms with E-state index in [9.17, 15) is 9.59 Å². The molecule has 11 nitrogen and oxygen atoms in total. The van der Waals surface area contributed by atoms with Crippen molar-refractivity contribution in [1.82, 2.24) is 30.3 Å². The first-order valence-corrected chi connectivity index (χ1v) is 14.8. The zero-order valence-corrected chi connectivity index (χ0v) is 24.0. The van der Waals surface area contributed by atoms with Crippen molar-refractivity contribution in [2.24, 2.45) is 0 Å². The van der Waals surface area contributed by atoms with Crippen LogP contribution in [0.1, 0.15) is 30.0 Å². The Labute approximate surface area is 238 Å². The van der Waals surface area contributed by atoms with E-state index in [1.807, 2.05) is 42.7 Å². The lowest BCUT2D eigenvalue weighted by Crippen LogP contribution is -2.24. The average Bonchev–Trinajstić information content (AvgIpc) is 3.58. The van der Waals surface area contributed by atoms with Crippen LogP contribution in [-0.4, -0.2) is 62.0 Å². The number of amides is 2. The third kappa shape index (κ3) is 7.71. The van der Waals surface area contributed by atoms with Gasteiger partial charge >= 0.3 is 0 Å². The van der Waals surface area contributed by atoms with Crippen LogP contribution in [0.4, 0.5) is 5.13 Å². The fraction of sp³-hybridized carbons (Fsp3) is 0.280. The summed E-state index contributed by atoms with van der Waals surface area (Å²) in [7, 11) is 1.57. The molecule has 2 aromatic carbocycles. The Morgan fingerprint density at radius 1 is 0.949 bits per heavy atom. The maximum absolute atomic E-state index is 12.7. The first-order valence-electron chi connectivity index (χ1n) is 12.0. The van der Waals surface area contributed by atoms with E-state index in [1.165, 1.54) is 23.1 Å². The number of aromatic nitrogens is 5. The number of hydrogen-bond acceptors (Lipinski definition) is 11. The topological polar surface area (TPSA) is 133 Å². The second kappa shape index (κ2) is 14.0. The number of thioether (sulfide) groups is 2. The fourth-order valence-corrected chi connectivity index (χ4v) is 5.79. The average molecular weight is 586 g/mol. The van der Waals surface area contributed by atoms with Crippen LogP contribution in [0.2, 0.25) is 0 Å². The van der Waals surface area contributed by atoms with Gasteiger partial charge in [0, 0.05) is 11.3 Å². The van der Waals surface area contributed by atoms with E-state index in [-0.39, 0.29) is 24.1 Å². The van der Waals surface area contributed by atoms with Gasteiger partial charge in [-0.15, -0.1) is 20.4 Å². The van der Waals surface area contributed by atoms with Crippen LogP contribution in [0, 0.1) is 0 Å². The molecule has 0 atom stereocenters. The summed E-state index contributed by atoms with van der Waals surface area (Å²) in [6.07, 6.45) is 0. The summed E-state index contributed by atoms with van der Waals surface area (Å²) in [4.78, 5) is 25.3. The van der Waals surface area contributed by atoms with Gasteiger partial charge in [0.15, 0.2) is 15.3 Å². The maximum Gasteiger partial charge on any atom is 0.251 e. The summed E-state index contributed by atoms with van der Waals surface area (Å²) >= 11 is 4.13. The van der Waals surface area contributed by atoms with E-state index in [1.54, 1.807) is 43.1 Å². The van der Waals surface area contributed by atoms with E-state index in [0.29, 0.717) is 34.0 Å². The molecule has 0 aliphatic heterocycles. The Kier molecular flexibility index (Phi) is 10.2. The Bertz CT molecular complexity index is 1390. The number of carbonyl (C=O) groups is 2. The summed E-state index contributed by atoms with van der Waals surface area (Å²) in [6.45, 7) is 4.63. The molecule has 0 fully saturated rings. The minimum Gasteiger partial charge on any atom is -0.497 e. The van der Waals surface area contributed by atoms with Gasteiger partial charge in [0.05, 0.1) is 26.0 Å². The van der Waals surface area contributed by atoms with Crippen LogP contribution in [0.25, 0.3) is 5.69 Å². The molecule has 4 aromatic rings. The van der Waals surface area contributed by atoms with Gasteiger partial charge < -0.3 is 14.8 Å². The van der Waals surface area contributed by atoms with Crippen molar-refractivity contribution >= 4 is 51.8 Å². The zero-order valence-electron chi connectivity index (χ0n) is 21.5. The largest absolute Gasteiger partial charge is 0.497 e. The summed E-state index contributed by atoms with van der Waals surface area (Å²) in [5.41, 5.74) is 1.26. The molecule has 204 valence electrons. The van der Waals surface area contributed by atoms with Crippen molar-refractivity contribution in [3.8, 4) is 17.2 Å². The van der Waals surface area contributed by atoms with Crippen LogP contribution in [0.5, 0.6) is 11.5 Å². The number of carbonyl (C=O) groups excluding carboxylic acids is 2. The molecule has 14 heteroatoms. The van der Waals surface area contributed by atoms with Gasteiger partial charge in [-0.2, -0.15) is 0 Å². The molecule has 2 amide bonds. The number of nitrogens with one attached hydrogen (secondary N) is 2. The van der Waals surface area contributed by atoms with Crippen LogP contribution < -0.4 is 20.1 Å². The molecule has 0 saturated carbocycles. The highest BCUT2D eigenvalue weighted by atomic mass is 32.2. The van der Waals surface area contributed by atoms with Crippen molar-refractivity contribution < 1.29 is 19.1 Å². The lowest BCUT2D eigenvalue weighted by atomic mass is 10.2. The number of benzene rings is 2. The van der Waals surface area contributed by atoms with Crippen molar-refractivity contribution in [2.45, 2.75) is 29.9 Å². The monoisotopic (exact) mass is 585 g/mol. The predicted molar refractivity (Wildman–Crippen MR) is 152 cm³/mol. The molecule has 0 aliphatic rings. The van der Waals surface area contributed by atoms with Crippen molar-refractivity contribution in [2.75, 3.05) is 30.5 Å². The fourth-order valence-electron chi connectivity index (χ4n) is 3.36. The quantitative estimate of drug-likeness (QED) is 0.173. The molecule has 2 heterocycles. The number of methoxy groups -OCH3 is 1. The number of rotatable bonds is 13. The molecule has 0 saturated heterocycles. The van der Waals surface area contributed by atoms with E-state index < -0.39 is 0 Å². The molecule has 0 radical (unpaired) electrons. The lowest BCUT2D eigenvalue weighted by Gasteiger charge is -2.12. The molecule has 0 bridgehead atoms. The van der Waals surface area contributed by atoms with Gasteiger partial charge in [0.25, 0.3) is 5.91 Å². The van der Waals surface area contributed by atoms with Gasteiger partial charge in [0.2, 0.25) is 11.0 Å². The number of hydrogen-bond donors (Lipinski definition) is 2. The van der Waals surface area contributed by atoms with Gasteiger partial charge in [0.1, 0.15) is 11.5 Å². The van der Waals surface area contributed by atoms with E-state index in [2.05, 4.69) is 31.0 Å². The molecule has 0 unspecified atom stereocenters. The Morgan fingerprint density at radius 2 is 1.69 bits per heavy atom. The smallest absolute Gasteiger partial charge is 0.251 e. The third-order valence-corrected chi connectivity index (χ3v) is 7.90. The summed E-state index contributed by atoms with van der Waals surface area (Å²) < 4.78 is 13.3. The minimum atomic E-state index is -0.259. The Morgan fingerprint density at radius 3 is 2.38 bits per heavy atom. The van der Waals surface area contributed by atoms with Gasteiger partial charge in [-0.3, -0.25) is 19.5 Å². The highest BCUT2D eigenvalue weighted by Crippen LogP contribution is 2.27. The van der Waals surface area contributed by atoms with E-state index >= 15 is 0 Å². The molecule has 4 rings (SSSR count). The Hall–Kier alpha value is -3.62. The van der Waals surface area contributed by atoms with Gasteiger partial charge in [-0.1, -0.05) is 41.8 Å². The van der Waals surface area contributed by atoms with Crippen LogP contribution in [-0.2, 0) is 11.3 Å². The third-order valence-electron chi connectivity index (χ3n) is 5.12. The summed E-state index contributed by atoms with van der Waals surface area (Å²) in [5.74, 6) is 2.37. The van der Waals surface area contributed by atoms with Crippen molar-refractivity contribution in [3.63, 3.8) is 0 Å². The zero-order chi connectivity index (χ0) is 27.6. The SMILES string of the molecule is CCOc1ccc(-n2c(CNC(=O)c3ccc(OC)cc3)nnc2SCC(=O)Nc2nnc(SCC)s2)cc1. The highest BCUT2D eigenvalue weighted by molar-refractivity contribution is 8.01. The van der Waals surface area contributed by atoms with Crippen LogP contribution in [0.3, 0.4) is 0 Å².